The van der Waals surface area contributed by atoms with Crippen LogP contribution in [0.1, 0.15) is 22.6 Å². The van der Waals surface area contributed by atoms with E-state index in [-0.39, 0.29) is 12.3 Å². The van der Waals surface area contributed by atoms with Gasteiger partial charge in [-0.25, -0.2) is 0 Å². The Balaban J connectivity index is 1.66. The average molecular weight is 414 g/mol. The van der Waals surface area contributed by atoms with Gasteiger partial charge in [-0.1, -0.05) is 36.4 Å². The summed E-state index contributed by atoms with van der Waals surface area (Å²) in [5.74, 6) is 1.53. The largest absolute Gasteiger partial charge is 0.485 e. The standard InChI is InChI=1S/C22H18N6OS/c1-15-7-6-8-16(2)21(15)29-14-19-25-27-22(28(19)18-9-4-3-5-10-18)30-20-12-11-17(13-23)24-26-20/h3-12H,14H2,1-2H3. The van der Waals surface area contributed by atoms with Crippen molar-refractivity contribution in [2.75, 3.05) is 0 Å². The van der Waals surface area contributed by atoms with Gasteiger partial charge in [-0.3, -0.25) is 4.57 Å². The van der Waals surface area contributed by atoms with E-state index in [0.717, 1.165) is 22.6 Å². The van der Waals surface area contributed by atoms with Crippen LogP contribution in [0.5, 0.6) is 5.75 Å². The fourth-order valence-electron chi connectivity index (χ4n) is 2.99. The summed E-state index contributed by atoms with van der Waals surface area (Å²) in [6.07, 6.45) is 0. The number of rotatable bonds is 6. The van der Waals surface area contributed by atoms with Crippen molar-refractivity contribution in [2.45, 2.75) is 30.6 Å². The van der Waals surface area contributed by atoms with E-state index in [1.165, 1.54) is 11.8 Å². The molecule has 0 aliphatic rings. The molecule has 4 rings (SSSR count). The van der Waals surface area contributed by atoms with Crippen molar-refractivity contribution >= 4 is 11.8 Å². The van der Waals surface area contributed by atoms with Gasteiger partial charge in [0.2, 0.25) is 5.16 Å². The van der Waals surface area contributed by atoms with Crippen LogP contribution in [0.15, 0.2) is 70.8 Å². The van der Waals surface area contributed by atoms with Gasteiger partial charge in [0, 0.05) is 5.69 Å². The molecule has 0 saturated heterocycles. The number of nitrogens with zero attached hydrogens (tertiary/aromatic N) is 6. The molecule has 148 valence electrons. The third-order valence-electron chi connectivity index (χ3n) is 4.42. The lowest BCUT2D eigenvalue weighted by molar-refractivity contribution is 0.289. The molecule has 0 unspecified atom stereocenters. The minimum absolute atomic E-state index is 0.270. The predicted octanol–water partition coefficient (Wildman–Crippen LogP) is 4.28. The molecule has 0 saturated carbocycles. The van der Waals surface area contributed by atoms with Crippen molar-refractivity contribution in [1.82, 2.24) is 25.0 Å². The molecule has 0 atom stereocenters. The second-order valence-electron chi connectivity index (χ2n) is 6.55. The van der Waals surface area contributed by atoms with Gasteiger partial charge in [0.25, 0.3) is 0 Å². The van der Waals surface area contributed by atoms with E-state index in [4.69, 9.17) is 10.00 Å². The molecular weight excluding hydrogens is 396 g/mol. The Labute approximate surface area is 178 Å². The molecule has 2 aromatic heterocycles. The second-order valence-corrected chi connectivity index (χ2v) is 7.54. The maximum absolute atomic E-state index is 8.91. The number of nitriles is 1. The predicted molar refractivity (Wildman–Crippen MR) is 112 cm³/mol. The molecule has 2 heterocycles. The molecule has 0 aliphatic carbocycles. The highest BCUT2D eigenvalue weighted by Gasteiger charge is 2.17. The third-order valence-corrected chi connectivity index (χ3v) is 5.29. The fourth-order valence-corrected chi connectivity index (χ4v) is 3.78. The van der Waals surface area contributed by atoms with Gasteiger partial charge < -0.3 is 4.74 Å². The summed E-state index contributed by atoms with van der Waals surface area (Å²) in [6, 6.07) is 21.2. The maximum atomic E-state index is 8.91. The first-order valence-electron chi connectivity index (χ1n) is 9.26. The van der Waals surface area contributed by atoms with E-state index >= 15 is 0 Å². The zero-order chi connectivity index (χ0) is 20.9. The third kappa shape index (κ3) is 4.16. The lowest BCUT2D eigenvalue weighted by Gasteiger charge is -2.13. The molecule has 0 aliphatic heterocycles. The van der Waals surface area contributed by atoms with Gasteiger partial charge >= 0.3 is 0 Å². The first-order chi connectivity index (χ1) is 14.7. The van der Waals surface area contributed by atoms with Crippen LogP contribution in [0.25, 0.3) is 5.69 Å². The number of hydrogen-bond acceptors (Lipinski definition) is 7. The Bertz CT molecular complexity index is 1180. The number of benzene rings is 2. The Kier molecular flexibility index (Phi) is 5.72. The van der Waals surface area contributed by atoms with E-state index in [1.807, 2.05) is 73.0 Å². The lowest BCUT2D eigenvalue weighted by atomic mass is 10.1. The van der Waals surface area contributed by atoms with Gasteiger partial charge in [0.15, 0.2) is 11.5 Å². The monoisotopic (exact) mass is 414 g/mol. The van der Waals surface area contributed by atoms with Crippen LogP contribution >= 0.6 is 11.8 Å². The van der Waals surface area contributed by atoms with Crippen LogP contribution in [0.4, 0.5) is 0 Å². The highest BCUT2D eigenvalue weighted by molar-refractivity contribution is 7.99. The topological polar surface area (TPSA) is 89.5 Å². The van der Waals surface area contributed by atoms with Crippen LogP contribution in [-0.2, 0) is 6.61 Å². The molecule has 8 heteroatoms. The van der Waals surface area contributed by atoms with E-state index in [9.17, 15) is 0 Å². The maximum Gasteiger partial charge on any atom is 0.202 e. The van der Waals surface area contributed by atoms with Gasteiger partial charge in [-0.15, -0.1) is 20.4 Å². The van der Waals surface area contributed by atoms with Gasteiger partial charge in [0.05, 0.1) is 0 Å². The molecule has 0 bridgehead atoms. The Morgan fingerprint density at radius 2 is 1.67 bits per heavy atom. The van der Waals surface area contributed by atoms with Crippen LogP contribution in [0.3, 0.4) is 0 Å². The van der Waals surface area contributed by atoms with E-state index in [0.29, 0.717) is 16.0 Å². The summed E-state index contributed by atoms with van der Waals surface area (Å²) >= 11 is 1.33. The summed E-state index contributed by atoms with van der Waals surface area (Å²) in [7, 11) is 0. The first kappa shape index (κ1) is 19.6. The number of para-hydroxylation sites is 2. The molecular formula is C22H18N6OS. The normalized spacial score (nSPS) is 10.6. The highest BCUT2D eigenvalue weighted by atomic mass is 32.2. The molecule has 0 radical (unpaired) electrons. The van der Waals surface area contributed by atoms with E-state index in [1.54, 1.807) is 12.1 Å². The number of ether oxygens (including phenoxy) is 1. The van der Waals surface area contributed by atoms with Gasteiger partial charge in [0.1, 0.15) is 23.5 Å². The van der Waals surface area contributed by atoms with Gasteiger partial charge in [-0.05, 0) is 61.0 Å². The summed E-state index contributed by atoms with van der Waals surface area (Å²) in [6.45, 7) is 4.32. The quantitative estimate of drug-likeness (QED) is 0.465. The average Bonchev–Trinajstić information content (AvgIpc) is 3.17. The van der Waals surface area contributed by atoms with Crippen molar-refractivity contribution in [1.29, 1.82) is 5.26 Å². The van der Waals surface area contributed by atoms with Crippen molar-refractivity contribution in [2.24, 2.45) is 0 Å². The SMILES string of the molecule is Cc1cccc(C)c1OCc1nnc(Sc2ccc(C#N)nn2)n1-c1ccccc1. The van der Waals surface area contributed by atoms with Crippen LogP contribution in [0, 0.1) is 25.2 Å². The van der Waals surface area contributed by atoms with Gasteiger partial charge in [-0.2, -0.15) is 5.26 Å². The molecule has 0 spiro atoms. The Hall–Kier alpha value is -3.70. The van der Waals surface area contributed by atoms with Crippen LogP contribution in [-0.4, -0.2) is 25.0 Å². The molecule has 0 N–H and O–H groups in total. The van der Waals surface area contributed by atoms with Crippen molar-refractivity contribution in [3.8, 4) is 17.5 Å². The number of aryl methyl sites for hydroxylation is 2. The minimum Gasteiger partial charge on any atom is -0.485 e. The summed E-state index contributed by atoms with van der Waals surface area (Å²) in [5, 5.41) is 26.9. The Morgan fingerprint density at radius 1 is 0.900 bits per heavy atom. The molecule has 2 aromatic carbocycles. The molecule has 30 heavy (non-hydrogen) atoms. The van der Waals surface area contributed by atoms with Crippen molar-refractivity contribution < 1.29 is 4.74 Å². The zero-order valence-electron chi connectivity index (χ0n) is 16.5. The molecule has 7 nitrogen and oxygen atoms in total. The molecule has 0 fully saturated rings. The zero-order valence-corrected chi connectivity index (χ0v) is 17.3. The smallest absolute Gasteiger partial charge is 0.202 e. The molecule has 0 amide bonds. The first-order valence-corrected chi connectivity index (χ1v) is 10.1. The summed E-state index contributed by atoms with van der Waals surface area (Å²) < 4.78 is 8.06. The van der Waals surface area contributed by atoms with E-state index < -0.39 is 0 Å². The van der Waals surface area contributed by atoms with Crippen LogP contribution < -0.4 is 4.74 Å². The lowest BCUT2D eigenvalue weighted by Crippen LogP contribution is -2.07. The van der Waals surface area contributed by atoms with Crippen molar-refractivity contribution in [3.05, 3.63) is 83.3 Å². The Morgan fingerprint density at radius 3 is 2.33 bits per heavy atom. The second kappa shape index (κ2) is 8.76. The van der Waals surface area contributed by atoms with E-state index in [2.05, 4.69) is 20.4 Å². The summed E-state index contributed by atoms with van der Waals surface area (Å²) in [4.78, 5) is 0. The number of aromatic nitrogens is 5. The molecule has 4 aromatic rings. The minimum atomic E-state index is 0.270. The van der Waals surface area contributed by atoms with Crippen molar-refractivity contribution in [3.63, 3.8) is 0 Å². The number of hydrogen-bond donors (Lipinski definition) is 0. The summed E-state index contributed by atoms with van der Waals surface area (Å²) in [5.41, 5.74) is 3.34. The fraction of sp³-hybridized carbons (Fsp3) is 0.136. The highest BCUT2D eigenvalue weighted by Crippen LogP contribution is 2.29. The van der Waals surface area contributed by atoms with Crippen LogP contribution in [0.2, 0.25) is 0 Å².